The highest BCUT2D eigenvalue weighted by atomic mass is 31.2. The topological polar surface area (TPSA) is 237 Å². The number of carbonyl (C=O) groups is 4. The number of unbranched alkanes of at least 4 members (excludes halogenated alkanes) is 30. The van der Waals surface area contributed by atoms with Crippen molar-refractivity contribution in [1.82, 2.24) is 0 Å². The van der Waals surface area contributed by atoms with Crippen LogP contribution in [0.15, 0.2) is 0 Å². The van der Waals surface area contributed by atoms with E-state index in [1.54, 1.807) is 0 Å². The molecule has 516 valence electrons. The first-order chi connectivity index (χ1) is 41.6. The van der Waals surface area contributed by atoms with Crippen LogP contribution in [0.4, 0.5) is 0 Å². The Labute approximate surface area is 530 Å². The Balaban J connectivity index is 5.25. The summed E-state index contributed by atoms with van der Waals surface area (Å²) >= 11 is 0. The van der Waals surface area contributed by atoms with E-state index in [2.05, 4.69) is 55.4 Å². The maximum absolute atomic E-state index is 13.0. The van der Waals surface area contributed by atoms with E-state index in [0.29, 0.717) is 25.7 Å². The number of hydrogen-bond donors (Lipinski definition) is 3. The molecular formula is C68H132O17P2. The van der Waals surface area contributed by atoms with E-state index in [4.69, 9.17) is 37.0 Å². The van der Waals surface area contributed by atoms with Crippen LogP contribution in [0.25, 0.3) is 0 Å². The van der Waals surface area contributed by atoms with Crippen molar-refractivity contribution in [2.24, 2.45) is 23.7 Å². The molecule has 0 saturated heterocycles. The van der Waals surface area contributed by atoms with Gasteiger partial charge in [-0.1, -0.05) is 280 Å². The van der Waals surface area contributed by atoms with Crippen LogP contribution in [0.1, 0.15) is 331 Å². The highest BCUT2D eigenvalue weighted by Crippen LogP contribution is 2.45. The molecule has 0 heterocycles. The lowest BCUT2D eigenvalue weighted by Gasteiger charge is -2.21. The Morgan fingerprint density at radius 1 is 0.322 bits per heavy atom. The molecule has 0 aromatic carbocycles. The smallest absolute Gasteiger partial charge is 0.462 e. The maximum atomic E-state index is 13.0. The number of rotatable bonds is 65. The molecule has 0 spiro atoms. The Bertz CT molecular complexity index is 1730. The van der Waals surface area contributed by atoms with Gasteiger partial charge in [-0.25, -0.2) is 9.13 Å². The van der Waals surface area contributed by atoms with Gasteiger partial charge in [0, 0.05) is 25.7 Å². The van der Waals surface area contributed by atoms with Crippen molar-refractivity contribution >= 4 is 39.5 Å². The first-order valence-corrected chi connectivity index (χ1v) is 38.2. The second-order valence-corrected chi connectivity index (χ2v) is 29.1. The number of esters is 4. The van der Waals surface area contributed by atoms with Gasteiger partial charge in [-0.15, -0.1) is 0 Å². The molecule has 87 heavy (non-hydrogen) atoms. The molecule has 0 bridgehead atoms. The van der Waals surface area contributed by atoms with Crippen molar-refractivity contribution in [3.63, 3.8) is 0 Å². The first kappa shape index (κ1) is 85.1. The predicted molar refractivity (Wildman–Crippen MR) is 349 cm³/mol. The average Bonchev–Trinajstić information content (AvgIpc) is 3.62. The lowest BCUT2D eigenvalue weighted by atomic mass is 10.00. The highest BCUT2D eigenvalue weighted by Gasteiger charge is 2.30. The summed E-state index contributed by atoms with van der Waals surface area (Å²) in [5.74, 6) is 0.819. The zero-order valence-corrected chi connectivity index (χ0v) is 58.4. The van der Waals surface area contributed by atoms with Crippen LogP contribution in [-0.4, -0.2) is 96.7 Å². The van der Waals surface area contributed by atoms with E-state index in [1.807, 2.05) is 0 Å². The summed E-state index contributed by atoms with van der Waals surface area (Å²) in [7, 11) is -9.90. The zero-order valence-electron chi connectivity index (χ0n) is 56.6. The average molecular weight is 1280 g/mol. The molecule has 0 fully saturated rings. The first-order valence-electron chi connectivity index (χ1n) is 35.2. The van der Waals surface area contributed by atoms with Gasteiger partial charge < -0.3 is 33.8 Å². The van der Waals surface area contributed by atoms with Crippen molar-refractivity contribution in [3.05, 3.63) is 0 Å². The van der Waals surface area contributed by atoms with Gasteiger partial charge in [-0.3, -0.25) is 37.3 Å². The van der Waals surface area contributed by atoms with Crippen molar-refractivity contribution in [2.75, 3.05) is 39.6 Å². The number of hydrogen-bond acceptors (Lipinski definition) is 15. The van der Waals surface area contributed by atoms with Crippen LogP contribution < -0.4 is 0 Å². The lowest BCUT2D eigenvalue weighted by molar-refractivity contribution is -0.161. The van der Waals surface area contributed by atoms with Gasteiger partial charge in [-0.2, -0.15) is 0 Å². The molecule has 17 nitrogen and oxygen atoms in total. The summed E-state index contributed by atoms with van der Waals surface area (Å²) in [6, 6.07) is 0. The normalized spacial score (nSPS) is 14.6. The van der Waals surface area contributed by atoms with Gasteiger partial charge >= 0.3 is 39.5 Å². The van der Waals surface area contributed by atoms with E-state index in [1.165, 1.54) is 135 Å². The molecule has 0 radical (unpaired) electrons. The Kier molecular flexibility index (Phi) is 56.6. The predicted octanol–water partition coefficient (Wildman–Crippen LogP) is 18.9. The number of aliphatic hydroxyl groups excluding tert-OH is 1. The molecule has 19 heteroatoms. The molecule has 0 amide bonds. The largest absolute Gasteiger partial charge is 0.472 e. The summed E-state index contributed by atoms with van der Waals surface area (Å²) in [4.78, 5) is 72.4. The van der Waals surface area contributed by atoms with E-state index < -0.39 is 97.5 Å². The van der Waals surface area contributed by atoms with Gasteiger partial charge in [0.05, 0.1) is 26.4 Å². The Hall–Kier alpha value is -1.94. The maximum Gasteiger partial charge on any atom is 0.472 e. The van der Waals surface area contributed by atoms with Gasteiger partial charge in [0.1, 0.15) is 19.3 Å². The van der Waals surface area contributed by atoms with Crippen LogP contribution in [0.2, 0.25) is 0 Å². The SMILES string of the molecule is CCC(C)CCCCCCCCC(=O)O[C@H](COC(=O)CCCCCCCCCCCCCC(C)C)COP(=O)(O)OCC(O)COP(=O)(O)OC[C@@H](COC(=O)CCCCCCCCCCC(C)C)OC(=O)CCCCCCCCCCCC(C)C. The Morgan fingerprint density at radius 3 is 0.816 bits per heavy atom. The fraction of sp³-hybridized carbons (Fsp3) is 0.941. The zero-order chi connectivity index (χ0) is 64.7. The minimum Gasteiger partial charge on any atom is -0.462 e. The molecule has 0 rings (SSSR count). The van der Waals surface area contributed by atoms with Gasteiger partial charge in [-0.05, 0) is 49.4 Å². The number of ether oxygens (including phenoxy) is 4. The summed E-state index contributed by atoms with van der Waals surface area (Å²) in [5, 5.41) is 10.6. The second kappa shape index (κ2) is 57.9. The minimum atomic E-state index is -4.95. The van der Waals surface area contributed by atoms with Gasteiger partial charge in [0.25, 0.3) is 0 Å². The third kappa shape index (κ3) is 61.3. The summed E-state index contributed by atoms with van der Waals surface area (Å²) in [6.07, 6.45) is 39.0. The van der Waals surface area contributed by atoms with Crippen molar-refractivity contribution in [1.29, 1.82) is 0 Å². The molecule has 0 aliphatic carbocycles. The van der Waals surface area contributed by atoms with Gasteiger partial charge in [0.15, 0.2) is 12.2 Å². The van der Waals surface area contributed by atoms with E-state index in [9.17, 15) is 43.2 Å². The van der Waals surface area contributed by atoms with Crippen LogP contribution in [0.3, 0.4) is 0 Å². The number of aliphatic hydroxyl groups is 1. The highest BCUT2D eigenvalue weighted by molar-refractivity contribution is 7.47. The fourth-order valence-corrected chi connectivity index (χ4v) is 11.7. The molecule has 0 aromatic rings. The molecule has 0 aliphatic heterocycles. The molecule has 3 N–H and O–H groups in total. The summed E-state index contributed by atoms with van der Waals surface area (Å²) < 4.78 is 68.2. The Morgan fingerprint density at radius 2 is 0.552 bits per heavy atom. The van der Waals surface area contributed by atoms with Gasteiger partial charge in [0.2, 0.25) is 0 Å². The molecule has 0 aliphatic rings. The molecule has 6 atom stereocenters. The fourth-order valence-electron chi connectivity index (χ4n) is 10.1. The van der Waals surface area contributed by atoms with E-state index in [-0.39, 0.29) is 25.7 Å². The number of phosphoric acid groups is 2. The van der Waals surface area contributed by atoms with Crippen LogP contribution in [0.5, 0.6) is 0 Å². The van der Waals surface area contributed by atoms with Crippen molar-refractivity contribution in [2.45, 2.75) is 350 Å². The standard InChI is InChI=1S/C68H132O17P2/c1-9-61(8)47-39-31-26-27-35-43-51-68(73)85-64(55-78-65(70)48-40-32-23-16-12-10-11-14-20-28-36-44-58(2)3)57-83-87(76,77)81-53-62(69)52-80-86(74,75)82-56-63(54-79-66(71)49-41-33-24-19-18-22-30-38-46-60(6)7)84-67(72)50-42-34-25-17-13-15-21-29-37-45-59(4)5/h58-64,69H,9-57H2,1-8H3,(H,74,75)(H,76,77)/t61?,62?,63-,64-/m1/s1. The van der Waals surface area contributed by atoms with Crippen molar-refractivity contribution < 1.29 is 80.2 Å². The lowest BCUT2D eigenvalue weighted by Crippen LogP contribution is -2.30. The van der Waals surface area contributed by atoms with Crippen LogP contribution in [0, 0.1) is 23.7 Å². The third-order valence-corrected chi connectivity index (χ3v) is 17.8. The van der Waals surface area contributed by atoms with Crippen LogP contribution in [-0.2, 0) is 65.4 Å². The minimum absolute atomic E-state index is 0.102. The quantitative estimate of drug-likeness (QED) is 0.0222. The third-order valence-electron chi connectivity index (χ3n) is 15.9. The molecule has 0 saturated carbocycles. The molecule has 0 aromatic heterocycles. The van der Waals surface area contributed by atoms with E-state index >= 15 is 0 Å². The molecule has 4 unspecified atom stereocenters. The van der Waals surface area contributed by atoms with E-state index in [0.717, 1.165) is 114 Å². The monoisotopic (exact) mass is 1280 g/mol. The number of carbonyl (C=O) groups excluding carboxylic acids is 4. The summed E-state index contributed by atoms with van der Waals surface area (Å²) in [5.41, 5.74) is 0. The van der Waals surface area contributed by atoms with Crippen molar-refractivity contribution in [3.8, 4) is 0 Å². The number of phosphoric ester groups is 2. The summed E-state index contributed by atoms with van der Waals surface area (Å²) in [6.45, 7) is 14.0. The second-order valence-electron chi connectivity index (χ2n) is 26.2. The van der Waals surface area contributed by atoms with Crippen LogP contribution >= 0.6 is 15.6 Å². The molecular weight excluding hydrogens is 1150 g/mol.